The number of aryl methyl sites for hydroxylation is 2. The van der Waals surface area contributed by atoms with Crippen molar-refractivity contribution in [1.82, 2.24) is 14.7 Å². The van der Waals surface area contributed by atoms with Crippen LogP contribution in [-0.4, -0.2) is 38.8 Å². The summed E-state index contributed by atoms with van der Waals surface area (Å²) in [5, 5.41) is 14.1. The van der Waals surface area contributed by atoms with E-state index in [0.29, 0.717) is 6.54 Å². The molecule has 0 amide bonds. The van der Waals surface area contributed by atoms with Gasteiger partial charge in [0.2, 0.25) is 0 Å². The van der Waals surface area contributed by atoms with Crippen LogP contribution in [0, 0.1) is 11.3 Å². The van der Waals surface area contributed by atoms with E-state index in [2.05, 4.69) is 32.9 Å². The van der Waals surface area contributed by atoms with Crippen LogP contribution in [0.4, 0.5) is 0 Å². The lowest BCUT2D eigenvalue weighted by Crippen LogP contribution is -2.39. The zero-order valence-corrected chi connectivity index (χ0v) is 14.8. The third-order valence-electron chi connectivity index (χ3n) is 4.79. The van der Waals surface area contributed by atoms with Gasteiger partial charge in [0, 0.05) is 20.1 Å². The van der Waals surface area contributed by atoms with Crippen molar-refractivity contribution in [2.45, 2.75) is 40.2 Å². The fourth-order valence-corrected chi connectivity index (χ4v) is 3.89. The average Bonchev–Trinajstić information content (AvgIpc) is 2.96. The summed E-state index contributed by atoms with van der Waals surface area (Å²) in [6, 6.07) is 0. The lowest BCUT2D eigenvalue weighted by Gasteiger charge is -2.28. The minimum Gasteiger partial charge on any atom is -0.481 e. The Hall–Kier alpha value is -0.880. The predicted octanol–water partition coefficient (Wildman–Crippen LogP) is 2.68. The van der Waals surface area contributed by atoms with E-state index >= 15 is 0 Å². The number of aromatic nitrogens is 2. The number of hydrogen-bond acceptors (Lipinski definition) is 3. The van der Waals surface area contributed by atoms with Crippen LogP contribution in [0.1, 0.15) is 38.6 Å². The molecular weight excluding hydrogens is 334 g/mol. The maximum atomic E-state index is 11.7. The molecule has 1 N–H and O–H groups in total. The molecular formula is C15H24BrN3O2. The summed E-state index contributed by atoms with van der Waals surface area (Å²) in [7, 11) is 1.95. The van der Waals surface area contributed by atoms with E-state index in [4.69, 9.17) is 0 Å². The first kappa shape index (κ1) is 16.5. The number of hydrogen-bond donors (Lipinski definition) is 1. The standard InChI is InChI=1S/C15H24BrN3O2/c1-5-11-13(16)12(18(4)17-11)8-19-7-6-15(9-19,10(2)3)14(20)21/h10H,5-9H2,1-4H3,(H,20,21). The van der Waals surface area contributed by atoms with Crippen molar-refractivity contribution in [2.75, 3.05) is 13.1 Å². The molecule has 0 bridgehead atoms. The van der Waals surface area contributed by atoms with Crippen LogP contribution < -0.4 is 0 Å². The van der Waals surface area contributed by atoms with Crippen molar-refractivity contribution in [1.29, 1.82) is 0 Å². The molecule has 1 aliphatic heterocycles. The predicted molar refractivity (Wildman–Crippen MR) is 85.1 cm³/mol. The van der Waals surface area contributed by atoms with Crippen LogP contribution >= 0.6 is 15.9 Å². The first-order valence-corrected chi connectivity index (χ1v) is 8.27. The van der Waals surface area contributed by atoms with Crippen molar-refractivity contribution in [3.63, 3.8) is 0 Å². The van der Waals surface area contributed by atoms with Crippen LogP contribution in [0.2, 0.25) is 0 Å². The van der Waals surface area contributed by atoms with E-state index in [1.165, 1.54) is 0 Å². The van der Waals surface area contributed by atoms with Crippen LogP contribution in [0.15, 0.2) is 4.47 Å². The number of carbonyl (C=O) groups is 1. The van der Waals surface area contributed by atoms with Gasteiger partial charge < -0.3 is 5.11 Å². The van der Waals surface area contributed by atoms with Gasteiger partial charge in [-0.05, 0) is 41.2 Å². The monoisotopic (exact) mass is 357 g/mol. The number of carboxylic acid groups (broad SMARTS) is 1. The van der Waals surface area contributed by atoms with Crippen molar-refractivity contribution in [3.8, 4) is 0 Å². The largest absolute Gasteiger partial charge is 0.481 e. The fourth-order valence-electron chi connectivity index (χ4n) is 3.15. The molecule has 0 spiro atoms. The number of rotatable bonds is 5. The van der Waals surface area contributed by atoms with Crippen LogP contribution in [-0.2, 0) is 24.8 Å². The highest BCUT2D eigenvalue weighted by Crippen LogP contribution is 2.39. The molecule has 1 fully saturated rings. The molecule has 1 aromatic heterocycles. The Labute approximate surface area is 134 Å². The molecule has 0 aliphatic carbocycles. The maximum Gasteiger partial charge on any atom is 0.311 e. The molecule has 21 heavy (non-hydrogen) atoms. The number of carboxylic acids is 1. The molecule has 0 saturated carbocycles. The van der Waals surface area contributed by atoms with Gasteiger partial charge >= 0.3 is 5.97 Å². The van der Waals surface area contributed by atoms with Gasteiger partial charge in [0.1, 0.15) is 0 Å². The van der Waals surface area contributed by atoms with Crippen molar-refractivity contribution in [2.24, 2.45) is 18.4 Å². The topological polar surface area (TPSA) is 58.4 Å². The van der Waals surface area contributed by atoms with E-state index in [0.717, 1.165) is 41.8 Å². The van der Waals surface area contributed by atoms with Crippen LogP contribution in [0.3, 0.4) is 0 Å². The Bertz CT molecular complexity index is 541. The number of likely N-dealkylation sites (tertiary alicyclic amines) is 1. The third-order valence-corrected chi connectivity index (χ3v) is 5.70. The van der Waals surface area contributed by atoms with E-state index in [-0.39, 0.29) is 5.92 Å². The summed E-state index contributed by atoms with van der Waals surface area (Å²) in [4.78, 5) is 13.9. The van der Waals surface area contributed by atoms with Crippen molar-refractivity contribution >= 4 is 21.9 Å². The third kappa shape index (κ3) is 2.88. The Kier molecular flexibility index (Phi) is 4.78. The molecule has 5 nitrogen and oxygen atoms in total. The van der Waals surface area contributed by atoms with Gasteiger partial charge in [-0.2, -0.15) is 5.10 Å². The van der Waals surface area contributed by atoms with Crippen molar-refractivity contribution < 1.29 is 9.90 Å². The summed E-state index contributed by atoms with van der Waals surface area (Å²) >= 11 is 3.63. The minimum absolute atomic E-state index is 0.140. The summed E-state index contributed by atoms with van der Waals surface area (Å²) in [5.41, 5.74) is 1.57. The van der Waals surface area contributed by atoms with Crippen LogP contribution in [0.25, 0.3) is 0 Å². The van der Waals surface area contributed by atoms with E-state index < -0.39 is 11.4 Å². The smallest absolute Gasteiger partial charge is 0.311 e. The quantitative estimate of drug-likeness (QED) is 0.879. The van der Waals surface area contributed by atoms with Gasteiger partial charge in [-0.3, -0.25) is 14.4 Å². The van der Waals surface area contributed by atoms with Gasteiger partial charge in [-0.1, -0.05) is 20.8 Å². The zero-order valence-electron chi connectivity index (χ0n) is 13.2. The highest BCUT2D eigenvalue weighted by atomic mass is 79.9. The molecule has 0 aromatic carbocycles. The lowest BCUT2D eigenvalue weighted by molar-refractivity contribution is -0.151. The van der Waals surface area contributed by atoms with Gasteiger partial charge in [-0.25, -0.2) is 0 Å². The molecule has 2 heterocycles. The second-order valence-electron chi connectivity index (χ2n) is 6.26. The Morgan fingerprint density at radius 2 is 2.19 bits per heavy atom. The molecule has 1 aliphatic rings. The Balaban J connectivity index is 2.16. The maximum absolute atomic E-state index is 11.7. The summed E-state index contributed by atoms with van der Waals surface area (Å²) in [6.07, 6.45) is 1.61. The molecule has 1 unspecified atom stereocenters. The van der Waals surface area contributed by atoms with E-state index in [1.54, 1.807) is 0 Å². The molecule has 118 valence electrons. The minimum atomic E-state index is -0.668. The lowest BCUT2D eigenvalue weighted by atomic mass is 9.76. The van der Waals surface area contributed by atoms with E-state index in [9.17, 15) is 9.90 Å². The second-order valence-corrected chi connectivity index (χ2v) is 7.05. The van der Waals surface area contributed by atoms with E-state index in [1.807, 2.05) is 25.6 Å². The number of nitrogens with zero attached hydrogens (tertiary/aromatic N) is 3. The highest BCUT2D eigenvalue weighted by Gasteiger charge is 2.47. The SMILES string of the molecule is CCc1nn(C)c(CN2CCC(C(=O)O)(C(C)C)C2)c1Br. The summed E-state index contributed by atoms with van der Waals surface area (Å²) in [5.74, 6) is -0.528. The highest BCUT2D eigenvalue weighted by molar-refractivity contribution is 9.10. The molecule has 2 rings (SSSR count). The summed E-state index contributed by atoms with van der Waals surface area (Å²) in [6.45, 7) is 8.27. The molecule has 0 radical (unpaired) electrons. The normalized spacial score (nSPS) is 23.1. The zero-order chi connectivity index (χ0) is 15.8. The molecule has 1 saturated heterocycles. The molecule has 1 aromatic rings. The number of halogens is 1. The second kappa shape index (κ2) is 6.08. The van der Waals surface area contributed by atoms with Crippen molar-refractivity contribution in [3.05, 3.63) is 15.9 Å². The van der Waals surface area contributed by atoms with Gasteiger partial charge in [0.15, 0.2) is 0 Å². The van der Waals surface area contributed by atoms with Gasteiger partial charge in [0.05, 0.1) is 21.3 Å². The molecule has 6 heteroatoms. The average molecular weight is 358 g/mol. The Morgan fingerprint density at radius 3 is 2.62 bits per heavy atom. The fraction of sp³-hybridized carbons (Fsp3) is 0.733. The first-order valence-electron chi connectivity index (χ1n) is 7.47. The summed E-state index contributed by atoms with van der Waals surface area (Å²) < 4.78 is 2.96. The number of aliphatic carboxylic acids is 1. The first-order chi connectivity index (χ1) is 9.81. The van der Waals surface area contributed by atoms with Crippen LogP contribution in [0.5, 0.6) is 0 Å². The Morgan fingerprint density at radius 1 is 1.52 bits per heavy atom. The molecule has 1 atom stereocenters. The van der Waals surface area contributed by atoms with Gasteiger partial charge in [0.25, 0.3) is 0 Å². The van der Waals surface area contributed by atoms with Gasteiger partial charge in [-0.15, -0.1) is 0 Å².